The highest BCUT2D eigenvalue weighted by Gasteiger charge is 2.32. The molecule has 1 unspecified atom stereocenters. The lowest BCUT2D eigenvalue weighted by molar-refractivity contribution is -0.122. The Morgan fingerprint density at radius 1 is 1.38 bits per heavy atom. The predicted molar refractivity (Wildman–Crippen MR) is 101 cm³/mol. The highest BCUT2D eigenvalue weighted by molar-refractivity contribution is 7.09. The summed E-state index contributed by atoms with van der Waals surface area (Å²) in [5, 5.41) is 3.79. The first-order valence-electron chi connectivity index (χ1n) is 8.79. The molecule has 6 nitrogen and oxygen atoms in total. The van der Waals surface area contributed by atoms with Crippen LogP contribution in [0.5, 0.6) is 0 Å². The van der Waals surface area contributed by atoms with Crippen molar-refractivity contribution in [3.05, 3.63) is 41.5 Å². The molecule has 0 saturated carbocycles. The number of halogens is 1. The van der Waals surface area contributed by atoms with Gasteiger partial charge in [0, 0.05) is 37.6 Å². The first-order chi connectivity index (χ1) is 12.5. The Bertz CT molecular complexity index is 733. The van der Waals surface area contributed by atoms with Crippen LogP contribution in [-0.2, 0) is 11.2 Å². The second kappa shape index (κ2) is 8.55. The second-order valence-corrected chi connectivity index (χ2v) is 7.47. The van der Waals surface area contributed by atoms with E-state index >= 15 is 0 Å². The van der Waals surface area contributed by atoms with E-state index in [1.165, 1.54) is 23.7 Å². The zero-order valence-corrected chi connectivity index (χ0v) is 15.9. The summed E-state index contributed by atoms with van der Waals surface area (Å²) in [5.74, 6) is 0.510. The van der Waals surface area contributed by atoms with E-state index < -0.39 is 0 Å². The lowest BCUT2D eigenvalue weighted by Crippen LogP contribution is -2.45. The summed E-state index contributed by atoms with van der Waals surface area (Å²) in [6.07, 6.45) is 2.36. The van der Waals surface area contributed by atoms with Crippen molar-refractivity contribution in [2.24, 2.45) is 0 Å². The average molecular weight is 377 g/mol. The van der Waals surface area contributed by atoms with Crippen molar-refractivity contribution in [1.29, 1.82) is 0 Å². The fourth-order valence-corrected chi connectivity index (χ4v) is 3.77. The molecule has 1 aromatic carbocycles. The molecule has 0 spiro atoms. The Kier molecular flexibility index (Phi) is 6.16. The molecule has 0 aliphatic carbocycles. The predicted octanol–water partition coefficient (Wildman–Crippen LogP) is 1.91. The van der Waals surface area contributed by atoms with Crippen LogP contribution in [0.4, 0.5) is 9.52 Å². The monoisotopic (exact) mass is 377 g/mol. The van der Waals surface area contributed by atoms with Crippen LogP contribution in [0.1, 0.15) is 24.2 Å². The number of hydrogen-bond acceptors (Lipinski definition) is 6. The van der Waals surface area contributed by atoms with Crippen LogP contribution >= 0.6 is 11.5 Å². The summed E-state index contributed by atoms with van der Waals surface area (Å²) >= 11 is 1.32. The molecule has 1 saturated heterocycles. The zero-order chi connectivity index (χ0) is 18.5. The molecule has 140 valence electrons. The maximum absolute atomic E-state index is 13.0. The molecule has 26 heavy (non-hydrogen) atoms. The van der Waals surface area contributed by atoms with Crippen LogP contribution in [0.15, 0.2) is 24.3 Å². The molecule has 1 aromatic heterocycles. The number of nitrogens with one attached hydrogen (secondary N) is 1. The van der Waals surface area contributed by atoms with Gasteiger partial charge in [0.05, 0.1) is 0 Å². The third kappa shape index (κ3) is 4.76. The van der Waals surface area contributed by atoms with Crippen molar-refractivity contribution in [1.82, 2.24) is 19.6 Å². The number of anilines is 1. The highest BCUT2D eigenvalue weighted by Crippen LogP contribution is 2.27. The van der Waals surface area contributed by atoms with Crippen molar-refractivity contribution in [2.45, 2.75) is 25.3 Å². The molecule has 1 aliphatic heterocycles. The molecule has 3 rings (SSSR count). The Morgan fingerprint density at radius 3 is 2.88 bits per heavy atom. The molecule has 1 N–H and O–H groups in total. The molecule has 1 fully saturated rings. The smallest absolute Gasteiger partial charge is 0.242 e. The fraction of sp³-hybridized carbons (Fsp3) is 0.500. The molecule has 0 bridgehead atoms. The SMILES string of the molecule is CN(C)CCNC(=O)C1CCCN1c1nc(Cc2ccc(F)cc2)ns1. The van der Waals surface area contributed by atoms with Gasteiger partial charge < -0.3 is 15.1 Å². The van der Waals surface area contributed by atoms with Crippen molar-refractivity contribution in [3.8, 4) is 0 Å². The maximum Gasteiger partial charge on any atom is 0.242 e. The minimum absolute atomic E-state index is 0.0552. The van der Waals surface area contributed by atoms with Gasteiger partial charge in [-0.25, -0.2) is 9.37 Å². The largest absolute Gasteiger partial charge is 0.353 e. The van der Waals surface area contributed by atoms with Crippen molar-refractivity contribution in [2.75, 3.05) is 38.6 Å². The van der Waals surface area contributed by atoms with E-state index in [1.807, 2.05) is 19.0 Å². The lowest BCUT2D eigenvalue weighted by atomic mass is 10.1. The molecule has 1 aliphatic rings. The minimum atomic E-state index is -0.249. The number of hydrogen-bond donors (Lipinski definition) is 1. The van der Waals surface area contributed by atoms with E-state index in [4.69, 9.17) is 0 Å². The molecular formula is C18H24FN5OS. The third-order valence-corrected chi connectivity index (χ3v) is 5.18. The van der Waals surface area contributed by atoms with Crippen LogP contribution in [0, 0.1) is 5.82 Å². The number of carbonyl (C=O) groups is 1. The van der Waals surface area contributed by atoms with Gasteiger partial charge in [-0.05, 0) is 44.6 Å². The molecule has 1 atom stereocenters. The summed E-state index contributed by atoms with van der Waals surface area (Å²) in [6.45, 7) is 2.28. The van der Waals surface area contributed by atoms with E-state index in [0.29, 0.717) is 18.8 Å². The number of carbonyl (C=O) groups excluding carboxylic acids is 1. The Balaban J connectivity index is 1.61. The van der Waals surface area contributed by atoms with Crippen molar-refractivity contribution in [3.63, 3.8) is 0 Å². The van der Waals surface area contributed by atoms with Gasteiger partial charge in [-0.1, -0.05) is 12.1 Å². The Morgan fingerprint density at radius 2 is 2.15 bits per heavy atom. The number of benzene rings is 1. The molecular weight excluding hydrogens is 353 g/mol. The van der Waals surface area contributed by atoms with E-state index in [9.17, 15) is 9.18 Å². The third-order valence-electron chi connectivity index (χ3n) is 4.39. The van der Waals surface area contributed by atoms with Gasteiger partial charge in [0.2, 0.25) is 11.0 Å². The van der Waals surface area contributed by atoms with Crippen LogP contribution in [0.25, 0.3) is 0 Å². The second-order valence-electron chi connectivity index (χ2n) is 6.74. The molecule has 8 heteroatoms. The summed E-state index contributed by atoms with van der Waals surface area (Å²) < 4.78 is 17.4. The summed E-state index contributed by atoms with van der Waals surface area (Å²) in [6, 6.07) is 6.19. The molecule has 1 amide bonds. The van der Waals surface area contributed by atoms with Gasteiger partial charge in [-0.2, -0.15) is 4.37 Å². The van der Waals surface area contributed by atoms with E-state index in [1.54, 1.807) is 12.1 Å². The topological polar surface area (TPSA) is 61.4 Å². The summed E-state index contributed by atoms with van der Waals surface area (Å²) in [7, 11) is 3.97. The number of likely N-dealkylation sites (N-methyl/N-ethyl adjacent to an activating group) is 1. The van der Waals surface area contributed by atoms with Crippen LogP contribution < -0.4 is 10.2 Å². The van der Waals surface area contributed by atoms with Gasteiger partial charge in [0.15, 0.2) is 0 Å². The van der Waals surface area contributed by atoms with Crippen LogP contribution in [0.2, 0.25) is 0 Å². The quantitative estimate of drug-likeness (QED) is 0.799. The molecule has 2 heterocycles. The Labute approximate surface area is 157 Å². The average Bonchev–Trinajstić information content (AvgIpc) is 3.25. The first kappa shape index (κ1) is 18.7. The zero-order valence-electron chi connectivity index (χ0n) is 15.1. The van der Waals surface area contributed by atoms with Crippen LogP contribution in [-0.4, -0.2) is 59.9 Å². The van der Waals surface area contributed by atoms with E-state index in [2.05, 4.69) is 19.6 Å². The van der Waals surface area contributed by atoms with Gasteiger partial charge in [0.1, 0.15) is 17.7 Å². The molecule has 0 radical (unpaired) electrons. The Hall–Kier alpha value is -2.06. The number of nitrogens with zero attached hydrogens (tertiary/aromatic N) is 4. The highest BCUT2D eigenvalue weighted by atomic mass is 32.1. The van der Waals surface area contributed by atoms with Gasteiger partial charge in [-0.3, -0.25) is 4.79 Å². The number of amides is 1. The number of rotatable bonds is 7. The van der Waals surface area contributed by atoms with Gasteiger partial charge >= 0.3 is 0 Å². The standard InChI is InChI=1S/C18H24FN5OS/c1-23(2)11-9-20-17(25)15-4-3-10-24(15)18-21-16(22-26-18)12-13-5-7-14(19)8-6-13/h5-8,15H,3-4,9-12H2,1-2H3,(H,20,25). The minimum Gasteiger partial charge on any atom is -0.353 e. The number of aromatic nitrogens is 2. The van der Waals surface area contributed by atoms with Gasteiger partial charge in [-0.15, -0.1) is 0 Å². The van der Waals surface area contributed by atoms with Crippen molar-refractivity contribution < 1.29 is 9.18 Å². The van der Waals surface area contributed by atoms with E-state index in [0.717, 1.165) is 36.6 Å². The fourth-order valence-electron chi connectivity index (χ4n) is 3.01. The molecule has 2 aromatic rings. The van der Waals surface area contributed by atoms with Gasteiger partial charge in [0.25, 0.3) is 0 Å². The van der Waals surface area contributed by atoms with E-state index in [-0.39, 0.29) is 17.8 Å². The first-order valence-corrected chi connectivity index (χ1v) is 9.56. The lowest BCUT2D eigenvalue weighted by Gasteiger charge is -2.23. The van der Waals surface area contributed by atoms with Crippen LogP contribution in [0.3, 0.4) is 0 Å². The summed E-state index contributed by atoms with van der Waals surface area (Å²) in [5.41, 5.74) is 0.968. The van der Waals surface area contributed by atoms with Crippen molar-refractivity contribution >= 4 is 22.6 Å². The normalized spacial score (nSPS) is 17.1. The summed E-state index contributed by atoms with van der Waals surface area (Å²) in [4.78, 5) is 21.2. The maximum atomic E-state index is 13.0.